The minimum Gasteiger partial charge on any atom is -0.481 e. The van der Waals surface area contributed by atoms with Crippen LogP contribution in [0.25, 0.3) is 5.69 Å². The molecular weight excluding hydrogens is 491 g/mol. The highest BCUT2D eigenvalue weighted by molar-refractivity contribution is 5.66. The number of aliphatic carboxylic acids is 1. The Hall–Kier alpha value is -4.37. The number of nitriles is 1. The molecule has 37 heavy (non-hydrogen) atoms. The predicted molar refractivity (Wildman–Crippen MR) is 127 cm³/mol. The summed E-state index contributed by atoms with van der Waals surface area (Å²) in [6.07, 6.45) is -4.76. The molecule has 1 atom stereocenters. The highest BCUT2D eigenvalue weighted by Crippen LogP contribution is 2.33. The molecule has 1 unspecified atom stereocenters. The summed E-state index contributed by atoms with van der Waals surface area (Å²) in [6.45, 7) is 1.49. The van der Waals surface area contributed by atoms with Crippen LogP contribution in [-0.2, 0) is 17.5 Å². The van der Waals surface area contributed by atoms with Crippen LogP contribution in [-0.4, -0.2) is 26.8 Å². The average molecular weight is 513 g/mol. The molecular formula is C25H22F3N5O4. The van der Waals surface area contributed by atoms with E-state index < -0.39 is 48.0 Å². The molecule has 192 valence electrons. The van der Waals surface area contributed by atoms with Crippen LogP contribution in [0.4, 0.5) is 18.9 Å². The first kappa shape index (κ1) is 25.7. The number of alkyl halides is 3. The maximum atomic E-state index is 13.6. The molecule has 0 amide bonds. The minimum absolute atomic E-state index is 0.0986. The molecule has 0 bridgehead atoms. The van der Waals surface area contributed by atoms with Gasteiger partial charge in [0.15, 0.2) is 0 Å². The molecule has 1 fully saturated rings. The second kappa shape index (κ2) is 9.94. The number of carbonyl (C=O) groups is 1. The van der Waals surface area contributed by atoms with Gasteiger partial charge in [-0.1, -0.05) is 6.07 Å². The van der Waals surface area contributed by atoms with Crippen LogP contribution >= 0.6 is 0 Å². The van der Waals surface area contributed by atoms with Crippen LogP contribution in [0, 0.1) is 18.3 Å². The Morgan fingerprint density at radius 1 is 1.16 bits per heavy atom. The van der Waals surface area contributed by atoms with E-state index in [4.69, 9.17) is 10.4 Å². The second-order valence-corrected chi connectivity index (χ2v) is 8.51. The van der Waals surface area contributed by atoms with E-state index in [1.165, 1.54) is 13.0 Å². The Morgan fingerprint density at radius 3 is 2.49 bits per heavy atom. The van der Waals surface area contributed by atoms with Gasteiger partial charge in [-0.3, -0.25) is 18.7 Å². The number of carboxylic acid groups (broad SMARTS) is 1. The molecule has 0 radical (unpaired) electrons. The summed E-state index contributed by atoms with van der Waals surface area (Å²) in [5, 5.41) is 19.9. The minimum atomic E-state index is -4.66. The summed E-state index contributed by atoms with van der Waals surface area (Å²) in [7, 11) is 0. The SMILES string of the molecule is Cc1c(C2CCNN2c2ccc(C#N)cc2)c(=O)n(CCC(=O)O)c(=O)n1-c1cccc(C(F)(F)F)c1. The molecule has 4 rings (SSSR count). The van der Waals surface area contributed by atoms with E-state index in [-0.39, 0.29) is 16.9 Å². The van der Waals surface area contributed by atoms with Crippen molar-refractivity contribution in [3.05, 3.63) is 91.8 Å². The maximum absolute atomic E-state index is 13.6. The average Bonchev–Trinajstić information content (AvgIpc) is 3.33. The van der Waals surface area contributed by atoms with E-state index in [9.17, 15) is 27.6 Å². The largest absolute Gasteiger partial charge is 0.481 e. The number of rotatable bonds is 6. The fraction of sp³-hybridized carbons (Fsp3) is 0.280. The fourth-order valence-corrected chi connectivity index (χ4v) is 4.49. The van der Waals surface area contributed by atoms with Gasteiger partial charge in [0, 0.05) is 18.8 Å². The number of aromatic nitrogens is 2. The number of anilines is 1. The monoisotopic (exact) mass is 513 g/mol. The van der Waals surface area contributed by atoms with E-state index in [1.54, 1.807) is 29.3 Å². The Kier molecular flexibility index (Phi) is 6.91. The lowest BCUT2D eigenvalue weighted by molar-refractivity contribution is -0.138. The summed E-state index contributed by atoms with van der Waals surface area (Å²) >= 11 is 0. The lowest BCUT2D eigenvalue weighted by Gasteiger charge is -2.28. The Balaban J connectivity index is 1.93. The van der Waals surface area contributed by atoms with Gasteiger partial charge >= 0.3 is 17.8 Å². The first-order valence-corrected chi connectivity index (χ1v) is 11.3. The number of nitrogens with zero attached hydrogens (tertiary/aromatic N) is 4. The highest BCUT2D eigenvalue weighted by atomic mass is 19.4. The third-order valence-corrected chi connectivity index (χ3v) is 6.22. The summed E-state index contributed by atoms with van der Waals surface area (Å²) in [5.41, 5.74) is 1.82. The molecule has 1 aliphatic heterocycles. The summed E-state index contributed by atoms with van der Waals surface area (Å²) < 4.78 is 42.0. The van der Waals surface area contributed by atoms with Crippen molar-refractivity contribution in [2.75, 3.05) is 11.6 Å². The molecule has 0 spiro atoms. The maximum Gasteiger partial charge on any atom is 0.416 e. The molecule has 12 heteroatoms. The standard InChI is InChI=1S/C25H22F3N5O4/c1-15-22(20-9-11-30-33(20)18-7-5-16(14-29)6-8-18)23(36)31(12-10-21(34)35)24(37)32(15)19-4-2-3-17(13-19)25(26,27)28/h2-8,13,20,30H,9-12H2,1H3,(H,34,35). The molecule has 0 aliphatic carbocycles. The van der Waals surface area contributed by atoms with Gasteiger partial charge in [0.05, 0.1) is 46.6 Å². The van der Waals surface area contributed by atoms with Crippen molar-refractivity contribution in [2.45, 2.75) is 38.5 Å². The summed E-state index contributed by atoms with van der Waals surface area (Å²) in [5.74, 6) is -1.24. The zero-order valence-corrected chi connectivity index (χ0v) is 19.6. The lowest BCUT2D eigenvalue weighted by atomic mass is 10.0. The predicted octanol–water partition coefficient (Wildman–Crippen LogP) is 3.13. The smallest absolute Gasteiger partial charge is 0.416 e. The number of halogens is 3. The number of carboxylic acids is 1. The van der Waals surface area contributed by atoms with E-state index >= 15 is 0 Å². The Labute approximate surface area is 208 Å². The Bertz CT molecular complexity index is 1500. The molecule has 3 aromatic rings. The molecule has 2 aromatic carbocycles. The molecule has 1 saturated heterocycles. The summed E-state index contributed by atoms with van der Waals surface area (Å²) in [4.78, 5) is 38.2. The normalized spacial score (nSPS) is 15.5. The topological polar surface area (TPSA) is 120 Å². The number of benzene rings is 2. The molecule has 1 aromatic heterocycles. The summed E-state index contributed by atoms with van der Waals surface area (Å²) in [6, 6.07) is 12.2. The zero-order chi connectivity index (χ0) is 26.9. The van der Waals surface area contributed by atoms with Crippen LogP contribution < -0.4 is 21.7 Å². The van der Waals surface area contributed by atoms with Crippen LogP contribution in [0.2, 0.25) is 0 Å². The molecule has 2 N–H and O–H groups in total. The number of hydrazine groups is 1. The number of nitrogens with one attached hydrogen (secondary N) is 1. The van der Waals surface area contributed by atoms with E-state index in [0.29, 0.717) is 24.2 Å². The van der Waals surface area contributed by atoms with Crippen LogP contribution in [0.1, 0.15) is 41.3 Å². The quantitative estimate of drug-likeness (QED) is 0.520. The number of hydrogen-bond donors (Lipinski definition) is 2. The van der Waals surface area contributed by atoms with Crippen molar-refractivity contribution in [1.82, 2.24) is 14.6 Å². The first-order valence-electron chi connectivity index (χ1n) is 11.3. The van der Waals surface area contributed by atoms with Crippen LogP contribution in [0.5, 0.6) is 0 Å². The fourth-order valence-electron chi connectivity index (χ4n) is 4.49. The van der Waals surface area contributed by atoms with E-state index in [2.05, 4.69) is 5.43 Å². The van der Waals surface area contributed by atoms with Crippen LogP contribution in [0.15, 0.2) is 58.1 Å². The highest BCUT2D eigenvalue weighted by Gasteiger charge is 2.34. The van der Waals surface area contributed by atoms with Gasteiger partial charge < -0.3 is 10.1 Å². The van der Waals surface area contributed by atoms with Crippen molar-refractivity contribution in [3.63, 3.8) is 0 Å². The third-order valence-electron chi connectivity index (χ3n) is 6.22. The molecule has 9 nitrogen and oxygen atoms in total. The van der Waals surface area contributed by atoms with Crippen molar-refractivity contribution in [1.29, 1.82) is 5.26 Å². The van der Waals surface area contributed by atoms with Gasteiger partial charge in [-0.2, -0.15) is 18.4 Å². The Morgan fingerprint density at radius 2 is 1.86 bits per heavy atom. The molecule has 0 saturated carbocycles. The van der Waals surface area contributed by atoms with Gasteiger partial charge in [-0.25, -0.2) is 10.2 Å². The van der Waals surface area contributed by atoms with Gasteiger partial charge in [0.1, 0.15) is 0 Å². The molecule has 1 aliphatic rings. The zero-order valence-electron chi connectivity index (χ0n) is 19.6. The van der Waals surface area contributed by atoms with Gasteiger partial charge in [0.25, 0.3) is 5.56 Å². The van der Waals surface area contributed by atoms with Crippen molar-refractivity contribution in [3.8, 4) is 11.8 Å². The van der Waals surface area contributed by atoms with Crippen molar-refractivity contribution in [2.24, 2.45) is 0 Å². The number of hydrogen-bond acceptors (Lipinski definition) is 6. The van der Waals surface area contributed by atoms with Crippen molar-refractivity contribution >= 4 is 11.7 Å². The van der Waals surface area contributed by atoms with Gasteiger partial charge in [0.2, 0.25) is 0 Å². The van der Waals surface area contributed by atoms with Crippen LogP contribution in [0.3, 0.4) is 0 Å². The van der Waals surface area contributed by atoms with E-state index in [0.717, 1.165) is 27.3 Å². The van der Waals surface area contributed by atoms with Gasteiger partial charge in [-0.05, 0) is 55.8 Å². The lowest BCUT2D eigenvalue weighted by Crippen LogP contribution is -2.45. The van der Waals surface area contributed by atoms with E-state index in [1.807, 2.05) is 6.07 Å². The third kappa shape index (κ3) is 4.99. The first-order chi connectivity index (χ1) is 17.5. The second-order valence-electron chi connectivity index (χ2n) is 8.51. The van der Waals surface area contributed by atoms with Gasteiger partial charge in [-0.15, -0.1) is 0 Å². The molecule has 2 heterocycles. The van der Waals surface area contributed by atoms with Crippen molar-refractivity contribution < 1.29 is 23.1 Å².